The second-order valence-corrected chi connectivity index (χ2v) is 2.58. The standard InChI is InChI=1S/C7H12O/c1-7(3-4-7)5-6-8-2/h3-4H,5-6H2,1-2H3. The molecule has 0 N–H and O–H groups in total. The van der Waals surface area contributed by atoms with Gasteiger partial charge >= 0.3 is 0 Å². The minimum Gasteiger partial charge on any atom is -0.385 e. The van der Waals surface area contributed by atoms with E-state index in [1.807, 2.05) is 0 Å². The molecule has 1 aliphatic rings. The lowest BCUT2D eigenvalue weighted by Gasteiger charge is -2.05. The fourth-order valence-corrected chi connectivity index (χ4v) is 0.631. The molecule has 0 aliphatic heterocycles. The Bertz CT molecular complexity index is 99.0. The van der Waals surface area contributed by atoms with Crippen LogP contribution in [0.4, 0.5) is 0 Å². The maximum atomic E-state index is 4.92. The topological polar surface area (TPSA) is 9.23 Å². The molecule has 0 amide bonds. The molecule has 0 atom stereocenters. The number of hydrogen-bond donors (Lipinski definition) is 0. The molecular weight excluding hydrogens is 100 g/mol. The minimum atomic E-state index is 0.427. The molecule has 0 radical (unpaired) electrons. The summed E-state index contributed by atoms with van der Waals surface area (Å²) in [5.74, 6) is 0. The van der Waals surface area contributed by atoms with Crippen molar-refractivity contribution < 1.29 is 4.74 Å². The van der Waals surface area contributed by atoms with Gasteiger partial charge in [0.2, 0.25) is 0 Å². The van der Waals surface area contributed by atoms with Gasteiger partial charge in [-0.05, 0) is 6.42 Å². The SMILES string of the molecule is COCCC1(C)C=C1. The third-order valence-electron chi connectivity index (χ3n) is 1.58. The van der Waals surface area contributed by atoms with Crippen LogP contribution in [-0.2, 0) is 4.74 Å². The van der Waals surface area contributed by atoms with Crippen LogP contribution >= 0.6 is 0 Å². The first-order valence-corrected chi connectivity index (χ1v) is 2.96. The van der Waals surface area contributed by atoms with Crippen molar-refractivity contribution in [1.82, 2.24) is 0 Å². The average Bonchev–Trinajstić information content (AvgIpc) is 2.45. The third kappa shape index (κ3) is 1.34. The molecule has 1 aliphatic carbocycles. The summed E-state index contributed by atoms with van der Waals surface area (Å²) in [6, 6.07) is 0. The largest absolute Gasteiger partial charge is 0.385 e. The Kier molecular flexibility index (Phi) is 1.39. The van der Waals surface area contributed by atoms with Crippen molar-refractivity contribution in [2.45, 2.75) is 13.3 Å². The van der Waals surface area contributed by atoms with E-state index in [2.05, 4.69) is 19.1 Å². The van der Waals surface area contributed by atoms with Crippen molar-refractivity contribution in [3.05, 3.63) is 12.2 Å². The predicted molar refractivity (Wildman–Crippen MR) is 33.7 cm³/mol. The number of hydrogen-bond acceptors (Lipinski definition) is 1. The maximum Gasteiger partial charge on any atom is 0.0473 e. The molecule has 8 heavy (non-hydrogen) atoms. The van der Waals surface area contributed by atoms with Gasteiger partial charge in [-0.25, -0.2) is 0 Å². The molecule has 0 saturated carbocycles. The highest BCUT2D eigenvalue weighted by atomic mass is 16.5. The fourth-order valence-electron chi connectivity index (χ4n) is 0.631. The van der Waals surface area contributed by atoms with Gasteiger partial charge in [-0.1, -0.05) is 19.1 Å². The molecule has 0 aromatic rings. The van der Waals surface area contributed by atoms with E-state index in [0.29, 0.717) is 5.41 Å². The third-order valence-corrected chi connectivity index (χ3v) is 1.58. The van der Waals surface area contributed by atoms with Crippen LogP contribution < -0.4 is 0 Å². The van der Waals surface area contributed by atoms with E-state index in [-0.39, 0.29) is 0 Å². The summed E-state index contributed by atoms with van der Waals surface area (Å²) in [6.07, 6.45) is 5.57. The zero-order valence-electron chi connectivity index (χ0n) is 5.48. The van der Waals surface area contributed by atoms with E-state index in [9.17, 15) is 0 Å². The van der Waals surface area contributed by atoms with Gasteiger partial charge in [0, 0.05) is 19.1 Å². The molecule has 0 fully saturated rings. The van der Waals surface area contributed by atoms with Crippen LogP contribution in [-0.4, -0.2) is 13.7 Å². The summed E-state index contributed by atoms with van der Waals surface area (Å²) in [4.78, 5) is 0. The number of ether oxygens (including phenoxy) is 1. The maximum absolute atomic E-state index is 4.92. The van der Waals surface area contributed by atoms with Crippen LogP contribution in [0.3, 0.4) is 0 Å². The number of allylic oxidation sites excluding steroid dienone is 2. The monoisotopic (exact) mass is 112 g/mol. The highest BCUT2D eigenvalue weighted by molar-refractivity contribution is 5.23. The second-order valence-electron chi connectivity index (χ2n) is 2.58. The van der Waals surface area contributed by atoms with Gasteiger partial charge in [0.05, 0.1) is 0 Å². The summed E-state index contributed by atoms with van der Waals surface area (Å²) in [7, 11) is 1.74. The van der Waals surface area contributed by atoms with Crippen LogP contribution in [0, 0.1) is 5.41 Å². The van der Waals surface area contributed by atoms with Crippen molar-refractivity contribution in [2.24, 2.45) is 5.41 Å². The highest BCUT2D eigenvalue weighted by Crippen LogP contribution is 2.36. The number of methoxy groups -OCH3 is 1. The summed E-state index contributed by atoms with van der Waals surface area (Å²) in [5.41, 5.74) is 0.427. The summed E-state index contributed by atoms with van der Waals surface area (Å²) < 4.78 is 4.92. The quantitative estimate of drug-likeness (QED) is 0.504. The van der Waals surface area contributed by atoms with E-state index >= 15 is 0 Å². The minimum absolute atomic E-state index is 0.427. The van der Waals surface area contributed by atoms with Crippen LogP contribution in [0.2, 0.25) is 0 Å². The molecular formula is C7H12O. The Morgan fingerprint density at radius 3 is 2.50 bits per heavy atom. The van der Waals surface area contributed by atoms with Gasteiger partial charge in [-0.3, -0.25) is 0 Å². The lowest BCUT2D eigenvalue weighted by atomic mass is 10.0. The Morgan fingerprint density at radius 2 is 2.12 bits per heavy atom. The Hall–Kier alpha value is -0.300. The normalized spacial score (nSPS) is 21.2. The number of rotatable bonds is 3. The van der Waals surface area contributed by atoms with Crippen LogP contribution in [0.15, 0.2) is 12.2 Å². The zero-order chi connectivity index (χ0) is 6.04. The van der Waals surface area contributed by atoms with Crippen molar-refractivity contribution in [1.29, 1.82) is 0 Å². The first-order valence-electron chi connectivity index (χ1n) is 2.96. The average molecular weight is 112 g/mol. The van der Waals surface area contributed by atoms with Gasteiger partial charge in [0.25, 0.3) is 0 Å². The molecule has 1 nitrogen and oxygen atoms in total. The van der Waals surface area contributed by atoms with Crippen molar-refractivity contribution in [3.8, 4) is 0 Å². The molecule has 46 valence electrons. The van der Waals surface area contributed by atoms with Crippen molar-refractivity contribution in [2.75, 3.05) is 13.7 Å². The Labute approximate surface area is 50.3 Å². The van der Waals surface area contributed by atoms with Crippen LogP contribution in [0.1, 0.15) is 13.3 Å². The summed E-state index contributed by atoms with van der Waals surface area (Å²) >= 11 is 0. The fraction of sp³-hybridized carbons (Fsp3) is 0.714. The van der Waals surface area contributed by atoms with E-state index in [1.165, 1.54) is 0 Å². The first-order chi connectivity index (χ1) is 3.77. The molecule has 0 spiro atoms. The predicted octanol–water partition coefficient (Wildman–Crippen LogP) is 1.60. The van der Waals surface area contributed by atoms with Gasteiger partial charge in [0.1, 0.15) is 0 Å². The van der Waals surface area contributed by atoms with E-state index in [1.54, 1.807) is 7.11 Å². The van der Waals surface area contributed by atoms with E-state index in [0.717, 1.165) is 13.0 Å². The lowest BCUT2D eigenvalue weighted by molar-refractivity contribution is 0.180. The molecule has 0 aromatic carbocycles. The summed E-state index contributed by atoms with van der Waals surface area (Å²) in [6.45, 7) is 3.09. The van der Waals surface area contributed by atoms with Crippen LogP contribution in [0.5, 0.6) is 0 Å². The highest BCUT2D eigenvalue weighted by Gasteiger charge is 2.26. The molecule has 0 bridgehead atoms. The second kappa shape index (κ2) is 1.90. The van der Waals surface area contributed by atoms with E-state index < -0.39 is 0 Å². The van der Waals surface area contributed by atoms with Gasteiger partial charge in [0.15, 0.2) is 0 Å². The van der Waals surface area contributed by atoms with E-state index in [4.69, 9.17) is 4.74 Å². The van der Waals surface area contributed by atoms with Crippen molar-refractivity contribution >= 4 is 0 Å². The lowest BCUT2D eigenvalue weighted by Crippen LogP contribution is -2.00. The zero-order valence-corrected chi connectivity index (χ0v) is 5.48. The van der Waals surface area contributed by atoms with Gasteiger partial charge in [-0.2, -0.15) is 0 Å². The molecule has 0 heterocycles. The summed E-state index contributed by atoms with van der Waals surface area (Å²) in [5, 5.41) is 0. The molecule has 1 heteroatoms. The molecule has 0 aromatic heterocycles. The molecule has 0 unspecified atom stereocenters. The van der Waals surface area contributed by atoms with Crippen LogP contribution in [0.25, 0.3) is 0 Å². The van der Waals surface area contributed by atoms with Gasteiger partial charge in [-0.15, -0.1) is 0 Å². The Balaban J connectivity index is 2.03. The Morgan fingerprint density at radius 1 is 1.50 bits per heavy atom. The smallest absolute Gasteiger partial charge is 0.0473 e. The van der Waals surface area contributed by atoms with Crippen molar-refractivity contribution in [3.63, 3.8) is 0 Å². The molecule has 0 saturated heterocycles. The first kappa shape index (κ1) is 5.83. The molecule has 1 rings (SSSR count). The van der Waals surface area contributed by atoms with Gasteiger partial charge < -0.3 is 4.74 Å².